The molecule has 1 aromatic rings. The summed E-state index contributed by atoms with van der Waals surface area (Å²) in [6, 6.07) is 5.97. The monoisotopic (exact) mass is 247 g/mol. The van der Waals surface area contributed by atoms with Crippen LogP contribution in [0.15, 0.2) is 18.2 Å². The number of hydrogen-bond acceptors (Lipinski definition) is 3. The van der Waals surface area contributed by atoms with Gasteiger partial charge in [0.25, 0.3) is 0 Å². The first-order valence-electron chi connectivity index (χ1n) is 6.45. The molecule has 2 rings (SSSR count). The van der Waals surface area contributed by atoms with E-state index in [1.807, 2.05) is 32.9 Å². The molecule has 1 aromatic carbocycles. The van der Waals surface area contributed by atoms with E-state index in [1.54, 1.807) is 0 Å². The maximum Gasteiger partial charge on any atom is 0.309 e. The van der Waals surface area contributed by atoms with E-state index < -0.39 is 5.60 Å². The molecule has 0 bridgehead atoms. The van der Waals surface area contributed by atoms with Crippen molar-refractivity contribution in [3.05, 3.63) is 29.3 Å². The summed E-state index contributed by atoms with van der Waals surface area (Å²) in [4.78, 5) is 12.1. The van der Waals surface area contributed by atoms with Gasteiger partial charge in [0.05, 0.1) is 5.92 Å². The molecule has 0 fully saturated rings. The molecule has 98 valence electrons. The molecule has 1 atom stereocenters. The highest BCUT2D eigenvalue weighted by atomic mass is 16.6. The smallest absolute Gasteiger partial charge is 0.309 e. The van der Waals surface area contributed by atoms with Crippen molar-refractivity contribution in [3.63, 3.8) is 0 Å². The van der Waals surface area contributed by atoms with Gasteiger partial charge in [-0.15, -0.1) is 0 Å². The molecule has 0 aliphatic heterocycles. The number of anilines is 1. The molecule has 0 aromatic heterocycles. The van der Waals surface area contributed by atoms with Crippen LogP contribution in [0.5, 0.6) is 0 Å². The van der Waals surface area contributed by atoms with Crippen LogP contribution in [0.25, 0.3) is 0 Å². The fourth-order valence-corrected chi connectivity index (χ4v) is 2.36. The summed E-state index contributed by atoms with van der Waals surface area (Å²) in [7, 11) is 0. The Labute approximate surface area is 108 Å². The third kappa shape index (κ3) is 3.03. The maximum absolute atomic E-state index is 12.1. The van der Waals surface area contributed by atoms with Crippen molar-refractivity contribution >= 4 is 11.7 Å². The highest BCUT2D eigenvalue weighted by Gasteiger charge is 2.28. The molecule has 0 saturated heterocycles. The molecule has 0 saturated carbocycles. The molecule has 0 radical (unpaired) electrons. The van der Waals surface area contributed by atoms with E-state index in [0.717, 1.165) is 24.9 Å². The fraction of sp³-hybridized carbons (Fsp3) is 0.533. The van der Waals surface area contributed by atoms with Gasteiger partial charge >= 0.3 is 5.97 Å². The number of fused-ring (bicyclic) bond motifs is 1. The summed E-state index contributed by atoms with van der Waals surface area (Å²) >= 11 is 0. The van der Waals surface area contributed by atoms with Crippen molar-refractivity contribution < 1.29 is 9.53 Å². The minimum Gasteiger partial charge on any atom is -0.460 e. The van der Waals surface area contributed by atoms with E-state index in [1.165, 1.54) is 11.1 Å². The lowest BCUT2D eigenvalue weighted by Crippen LogP contribution is -2.31. The first-order valence-corrected chi connectivity index (χ1v) is 6.45. The van der Waals surface area contributed by atoms with Gasteiger partial charge in [-0.1, -0.05) is 6.07 Å². The number of carbonyl (C=O) groups excluding carboxylic acids is 1. The summed E-state index contributed by atoms with van der Waals surface area (Å²) in [6.07, 6.45) is 2.54. The van der Waals surface area contributed by atoms with Crippen LogP contribution in [0.1, 0.15) is 38.3 Å². The van der Waals surface area contributed by atoms with Crippen molar-refractivity contribution in [3.8, 4) is 0 Å². The number of ether oxygens (including phenoxy) is 1. The number of aryl methyl sites for hydroxylation is 1. The Morgan fingerprint density at radius 3 is 2.72 bits per heavy atom. The summed E-state index contributed by atoms with van der Waals surface area (Å²) in [5.74, 6) is -0.117. The van der Waals surface area contributed by atoms with E-state index in [2.05, 4.69) is 6.07 Å². The van der Waals surface area contributed by atoms with Crippen LogP contribution in [0.2, 0.25) is 0 Å². The first-order chi connectivity index (χ1) is 8.35. The second-order valence-electron chi connectivity index (χ2n) is 6.00. The minimum atomic E-state index is -0.410. The zero-order valence-corrected chi connectivity index (χ0v) is 11.3. The van der Waals surface area contributed by atoms with Gasteiger partial charge in [-0.05, 0) is 63.3 Å². The Hall–Kier alpha value is -1.51. The van der Waals surface area contributed by atoms with Crippen LogP contribution < -0.4 is 5.73 Å². The molecule has 3 heteroatoms. The van der Waals surface area contributed by atoms with Crippen LogP contribution >= 0.6 is 0 Å². The Kier molecular flexibility index (Phi) is 3.33. The first kappa shape index (κ1) is 12.9. The summed E-state index contributed by atoms with van der Waals surface area (Å²) in [5, 5.41) is 0. The fourth-order valence-electron chi connectivity index (χ4n) is 2.36. The lowest BCUT2D eigenvalue weighted by Gasteiger charge is -2.27. The predicted octanol–water partition coefficient (Wildman–Crippen LogP) is 2.72. The number of nitrogen functional groups attached to an aromatic ring is 1. The van der Waals surface area contributed by atoms with Crippen molar-refractivity contribution in [2.24, 2.45) is 5.92 Å². The summed E-state index contributed by atoms with van der Waals surface area (Å²) in [6.45, 7) is 5.71. The van der Waals surface area contributed by atoms with Crippen molar-refractivity contribution in [1.82, 2.24) is 0 Å². The van der Waals surface area contributed by atoms with Crippen LogP contribution in [0.3, 0.4) is 0 Å². The van der Waals surface area contributed by atoms with E-state index in [9.17, 15) is 4.79 Å². The summed E-state index contributed by atoms with van der Waals surface area (Å²) < 4.78 is 5.45. The Morgan fingerprint density at radius 1 is 1.33 bits per heavy atom. The Bertz CT molecular complexity index is 460. The van der Waals surface area contributed by atoms with Gasteiger partial charge in [0.2, 0.25) is 0 Å². The van der Waals surface area contributed by atoms with Crippen molar-refractivity contribution in [1.29, 1.82) is 0 Å². The highest BCUT2D eigenvalue weighted by molar-refractivity contribution is 5.74. The van der Waals surface area contributed by atoms with Crippen LogP contribution in [-0.4, -0.2) is 11.6 Å². The molecular weight excluding hydrogens is 226 g/mol. The van der Waals surface area contributed by atoms with Gasteiger partial charge in [-0.25, -0.2) is 0 Å². The van der Waals surface area contributed by atoms with Crippen LogP contribution in [0, 0.1) is 5.92 Å². The zero-order chi connectivity index (χ0) is 13.3. The SMILES string of the molecule is CC(C)(C)OC(=O)C1CCc2ccc(N)cc2C1. The molecule has 18 heavy (non-hydrogen) atoms. The van der Waals surface area contributed by atoms with Crippen molar-refractivity contribution in [2.45, 2.75) is 45.6 Å². The standard InChI is InChI=1S/C15H21NO2/c1-15(2,3)18-14(17)11-5-4-10-6-7-13(16)9-12(10)8-11/h6-7,9,11H,4-5,8,16H2,1-3H3. The van der Waals surface area contributed by atoms with Crippen LogP contribution in [0.4, 0.5) is 5.69 Å². The normalized spacial score (nSPS) is 19.2. The minimum absolute atomic E-state index is 0.0291. The van der Waals surface area contributed by atoms with E-state index >= 15 is 0 Å². The quantitative estimate of drug-likeness (QED) is 0.613. The number of hydrogen-bond donors (Lipinski definition) is 1. The number of esters is 1. The molecule has 0 amide bonds. The number of nitrogens with two attached hydrogens (primary N) is 1. The van der Waals surface area contributed by atoms with Gasteiger partial charge in [0.1, 0.15) is 5.60 Å². The van der Waals surface area contributed by atoms with Gasteiger partial charge in [0.15, 0.2) is 0 Å². The largest absolute Gasteiger partial charge is 0.460 e. The Balaban J connectivity index is 2.09. The molecule has 3 nitrogen and oxygen atoms in total. The number of benzene rings is 1. The molecule has 0 heterocycles. The lowest BCUT2D eigenvalue weighted by molar-refractivity contribution is -0.160. The number of carbonyl (C=O) groups is 1. The molecule has 0 spiro atoms. The third-order valence-corrected chi connectivity index (χ3v) is 3.20. The zero-order valence-electron chi connectivity index (χ0n) is 11.3. The Morgan fingerprint density at radius 2 is 2.06 bits per heavy atom. The number of rotatable bonds is 1. The van der Waals surface area contributed by atoms with Gasteiger partial charge in [0, 0.05) is 5.69 Å². The van der Waals surface area contributed by atoms with Crippen LogP contribution in [-0.2, 0) is 22.4 Å². The topological polar surface area (TPSA) is 52.3 Å². The average Bonchev–Trinajstić information content (AvgIpc) is 2.25. The molecule has 1 unspecified atom stereocenters. The summed E-state index contributed by atoms with van der Waals surface area (Å²) in [5.41, 5.74) is 8.64. The third-order valence-electron chi connectivity index (χ3n) is 3.20. The average molecular weight is 247 g/mol. The molecule has 1 aliphatic rings. The molecule has 1 aliphatic carbocycles. The predicted molar refractivity (Wildman–Crippen MR) is 72.2 cm³/mol. The van der Waals surface area contributed by atoms with Crippen molar-refractivity contribution in [2.75, 3.05) is 5.73 Å². The van der Waals surface area contributed by atoms with E-state index in [4.69, 9.17) is 10.5 Å². The molecule has 2 N–H and O–H groups in total. The maximum atomic E-state index is 12.1. The van der Waals surface area contributed by atoms with E-state index in [-0.39, 0.29) is 11.9 Å². The lowest BCUT2D eigenvalue weighted by atomic mass is 9.83. The van der Waals surface area contributed by atoms with E-state index in [0.29, 0.717) is 0 Å². The van der Waals surface area contributed by atoms with Gasteiger partial charge in [-0.2, -0.15) is 0 Å². The van der Waals surface area contributed by atoms with Gasteiger partial charge in [-0.3, -0.25) is 4.79 Å². The van der Waals surface area contributed by atoms with Gasteiger partial charge < -0.3 is 10.5 Å². The molecular formula is C15H21NO2. The highest BCUT2D eigenvalue weighted by Crippen LogP contribution is 2.28. The second kappa shape index (κ2) is 4.63. The second-order valence-corrected chi connectivity index (χ2v) is 6.00.